The zero-order chi connectivity index (χ0) is 56.0. The topological polar surface area (TPSA) is 228 Å². The van der Waals surface area contributed by atoms with E-state index >= 15 is 0 Å². The SMILES string of the molecule is CCCCCC/C=C/CC/C=C/C(O)C(COC1OC(CO)C(OC2OC(CO)C(O)C(O)C2O)C(O)C1O)NC(=O)CCCCCCCCCCCCCCCCCCCCCCC/C=C\CCCCCCCCCC. The number of unbranched alkanes of at least 4 members (excludes halogenated alkanes) is 34. The number of aliphatic hydroxyl groups excluding tert-OH is 8. The van der Waals surface area contributed by atoms with Crippen molar-refractivity contribution in [3.63, 3.8) is 0 Å². The predicted octanol–water partition coefficient (Wildman–Crippen LogP) is 11.4. The van der Waals surface area contributed by atoms with Crippen molar-refractivity contribution < 1.29 is 64.6 Å². The average molecular weight is 1100 g/mol. The summed E-state index contributed by atoms with van der Waals surface area (Å²) in [6, 6.07) is -0.928. The van der Waals surface area contributed by atoms with E-state index in [2.05, 4.69) is 43.5 Å². The van der Waals surface area contributed by atoms with Gasteiger partial charge in [0.15, 0.2) is 12.6 Å². The molecule has 1 amide bonds. The number of rotatable bonds is 51. The van der Waals surface area contributed by atoms with E-state index in [0.717, 1.165) is 32.1 Å². The van der Waals surface area contributed by atoms with E-state index in [9.17, 15) is 45.6 Å². The maximum Gasteiger partial charge on any atom is 0.220 e. The molecule has 0 aromatic carbocycles. The van der Waals surface area contributed by atoms with Crippen molar-refractivity contribution in [1.29, 1.82) is 0 Å². The Morgan fingerprint density at radius 1 is 0.455 bits per heavy atom. The molecule has 452 valence electrons. The number of allylic oxidation sites excluding steroid dienone is 5. The van der Waals surface area contributed by atoms with Crippen molar-refractivity contribution >= 4 is 5.91 Å². The lowest BCUT2D eigenvalue weighted by Crippen LogP contribution is -2.65. The third-order valence-electron chi connectivity index (χ3n) is 15.5. The van der Waals surface area contributed by atoms with E-state index in [1.54, 1.807) is 6.08 Å². The molecular weight excluding hydrogens is 979 g/mol. The van der Waals surface area contributed by atoms with Crippen LogP contribution in [0.4, 0.5) is 0 Å². The Kier molecular flexibility index (Phi) is 45.3. The second-order valence-corrected chi connectivity index (χ2v) is 22.5. The molecule has 2 aliphatic heterocycles. The fourth-order valence-electron chi connectivity index (χ4n) is 10.4. The highest BCUT2D eigenvalue weighted by Gasteiger charge is 2.51. The number of nitrogens with one attached hydrogen (secondary N) is 1. The number of amides is 1. The van der Waals surface area contributed by atoms with Gasteiger partial charge < -0.3 is 65.1 Å². The molecule has 0 aromatic heterocycles. The van der Waals surface area contributed by atoms with Crippen LogP contribution in [0, 0.1) is 0 Å². The standard InChI is InChI=1S/C63H117NO13/c1-3-5-7-9-11-13-15-16-17-18-19-20-21-22-23-24-25-26-27-28-29-30-31-32-33-34-35-36-37-39-41-43-45-47-55(68)64-51(52(67)46-44-42-40-38-14-12-10-8-6-4-2)50-74-62-60(73)58(71)61(54(49-66)76-62)77-63-59(72)57(70)56(69)53(48-65)75-63/h14,18-19,38,44,46,51-54,56-63,65-67,69-73H,3-13,15-17,20-37,39-43,45,47-50H2,1-2H3,(H,64,68)/b19-18-,38-14+,46-44+. The Morgan fingerprint density at radius 2 is 0.831 bits per heavy atom. The van der Waals surface area contributed by atoms with Gasteiger partial charge in [0.1, 0.15) is 48.8 Å². The first kappa shape index (κ1) is 71.3. The summed E-state index contributed by atoms with van der Waals surface area (Å²) in [5, 5.41) is 86.8. The van der Waals surface area contributed by atoms with Gasteiger partial charge >= 0.3 is 0 Å². The maximum absolute atomic E-state index is 13.2. The number of hydrogen-bond acceptors (Lipinski definition) is 13. The van der Waals surface area contributed by atoms with Crippen LogP contribution in [-0.2, 0) is 23.7 Å². The van der Waals surface area contributed by atoms with Crippen molar-refractivity contribution in [2.45, 2.75) is 338 Å². The third kappa shape index (κ3) is 34.3. The molecule has 0 spiro atoms. The van der Waals surface area contributed by atoms with E-state index in [1.807, 2.05) is 6.08 Å². The summed E-state index contributed by atoms with van der Waals surface area (Å²) in [4.78, 5) is 13.2. The van der Waals surface area contributed by atoms with Crippen LogP contribution < -0.4 is 5.32 Å². The molecular formula is C63H117NO13. The quantitative estimate of drug-likeness (QED) is 0.0204. The van der Waals surface area contributed by atoms with Gasteiger partial charge in [0.05, 0.1) is 32.0 Å². The van der Waals surface area contributed by atoms with Gasteiger partial charge in [0.2, 0.25) is 5.91 Å². The van der Waals surface area contributed by atoms with Gasteiger partial charge in [-0.15, -0.1) is 0 Å². The van der Waals surface area contributed by atoms with Crippen molar-refractivity contribution in [3.05, 3.63) is 36.5 Å². The van der Waals surface area contributed by atoms with Crippen LogP contribution in [0.15, 0.2) is 36.5 Å². The van der Waals surface area contributed by atoms with Gasteiger partial charge in [-0.25, -0.2) is 0 Å². The molecule has 0 radical (unpaired) electrons. The fourth-order valence-corrected chi connectivity index (χ4v) is 10.4. The highest BCUT2D eigenvalue weighted by molar-refractivity contribution is 5.76. The van der Waals surface area contributed by atoms with E-state index in [4.69, 9.17) is 18.9 Å². The van der Waals surface area contributed by atoms with Crippen molar-refractivity contribution in [3.8, 4) is 0 Å². The first-order chi connectivity index (χ1) is 37.6. The summed E-state index contributed by atoms with van der Waals surface area (Å²) in [6.45, 7) is 2.75. The van der Waals surface area contributed by atoms with Gasteiger partial charge in [-0.05, 0) is 57.8 Å². The van der Waals surface area contributed by atoms with Crippen molar-refractivity contribution in [2.24, 2.45) is 0 Å². The largest absolute Gasteiger partial charge is 0.394 e. The van der Waals surface area contributed by atoms with Gasteiger partial charge in [0, 0.05) is 6.42 Å². The van der Waals surface area contributed by atoms with Crippen LogP contribution in [0.1, 0.15) is 264 Å². The van der Waals surface area contributed by atoms with Crippen molar-refractivity contribution in [2.75, 3.05) is 19.8 Å². The molecule has 2 saturated heterocycles. The number of hydrogen-bond donors (Lipinski definition) is 9. The monoisotopic (exact) mass is 1100 g/mol. The molecule has 0 aromatic rings. The molecule has 14 heteroatoms. The number of carbonyl (C=O) groups is 1. The Bertz CT molecular complexity index is 1430. The van der Waals surface area contributed by atoms with Gasteiger partial charge in [0.25, 0.3) is 0 Å². The van der Waals surface area contributed by atoms with Crippen LogP contribution in [0.2, 0.25) is 0 Å². The Balaban J connectivity index is 1.59. The van der Waals surface area contributed by atoms with E-state index in [0.29, 0.717) is 12.8 Å². The number of aliphatic hydroxyl groups is 8. The summed E-state index contributed by atoms with van der Waals surface area (Å²) >= 11 is 0. The molecule has 14 nitrogen and oxygen atoms in total. The predicted molar refractivity (Wildman–Crippen MR) is 309 cm³/mol. The number of ether oxygens (including phenoxy) is 4. The molecule has 0 saturated carbocycles. The van der Waals surface area contributed by atoms with Crippen LogP contribution in [0.5, 0.6) is 0 Å². The Labute approximate surface area is 468 Å². The zero-order valence-electron chi connectivity index (χ0n) is 48.7. The minimum Gasteiger partial charge on any atom is -0.394 e. The lowest BCUT2D eigenvalue weighted by atomic mass is 9.97. The van der Waals surface area contributed by atoms with E-state index in [-0.39, 0.29) is 18.9 Å². The van der Waals surface area contributed by atoms with E-state index in [1.165, 1.54) is 199 Å². The molecule has 77 heavy (non-hydrogen) atoms. The summed E-state index contributed by atoms with van der Waals surface area (Å²) in [6.07, 6.45) is 43.8. The summed E-state index contributed by atoms with van der Waals surface area (Å²) in [7, 11) is 0. The average Bonchev–Trinajstić information content (AvgIpc) is 3.44. The smallest absolute Gasteiger partial charge is 0.220 e. The van der Waals surface area contributed by atoms with Crippen LogP contribution in [0.3, 0.4) is 0 Å². The molecule has 9 N–H and O–H groups in total. The van der Waals surface area contributed by atoms with Crippen LogP contribution in [0.25, 0.3) is 0 Å². The molecule has 2 heterocycles. The second-order valence-electron chi connectivity index (χ2n) is 22.5. The normalized spacial score (nSPS) is 24.9. The second kappa shape index (κ2) is 48.9. The summed E-state index contributed by atoms with van der Waals surface area (Å²) in [5.41, 5.74) is 0. The first-order valence-corrected chi connectivity index (χ1v) is 31.7. The number of carbonyl (C=O) groups excluding carboxylic acids is 1. The molecule has 12 atom stereocenters. The van der Waals surface area contributed by atoms with Gasteiger partial charge in [-0.3, -0.25) is 4.79 Å². The van der Waals surface area contributed by atoms with Crippen LogP contribution >= 0.6 is 0 Å². The molecule has 2 aliphatic rings. The molecule has 2 fully saturated rings. The minimum absolute atomic E-state index is 0.248. The lowest BCUT2D eigenvalue weighted by molar-refractivity contribution is -0.359. The van der Waals surface area contributed by atoms with E-state index < -0.39 is 86.8 Å². The Hall–Kier alpha value is -1.79. The molecule has 0 bridgehead atoms. The highest BCUT2D eigenvalue weighted by atomic mass is 16.7. The Morgan fingerprint density at radius 3 is 1.29 bits per heavy atom. The summed E-state index contributed by atoms with van der Waals surface area (Å²) < 4.78 is 22.7. The lowest BCUT2D eigenvalue weighted by Gasteiger charge is -2.46. The minimum atomic E-state index is -1.79. The third-order valence-corrected chi connectivity index (χ3v) is 15.5. The molecule has 12 unspecified atom stereocenters. The first-order valence-electron chi connectivity index (χ1n) is 31.7. The zero-order valence-corrected chi connectivity index (χ0v) is 48.7. The summed E-state index contributed by atoms with van der Waals surface area (Å²) in [5.74, 6) is -0.248. The van der Waals surface area contributed by atoms with Gasteiger partial charge in [-0.2, -0.15) is 0 Å². The fraction of sp³-hybridized carbons (Fsp3) is 0.889. The molecule has 0 aliphatic carbocycles. The molecule has 2 rings (SSSR count). The van der Waals surface area contributed by atoms with Crippen LogP contribution in [-0.4, -0.2) is 140 Å². The van der Waals surface area contributed by atoms with Gasteiger partial charge in [-0.1, -0.05) is 237 Å². The maximum atomic E-state index is 13.2. The highest BCUT2D eigenvalue weighted by Crippen LogP contribution is 2.30. The van der Waals surface area contributed by atoms with Crippen molar-refractivity contribution in [1.82, 2.24) is 5.32 Å².